The summed E-state index contributed by atoms with van der Waals surface area (Å²) >= 11 is 0. The Hall–Kier alpha value is -2.17. The summed E-state index contributed by atoms with van der Waals surface area (Å²) in [5.74, 6) is -1.34. The van der Waals surface area contributed by atoms with Gasteiger partial charge in [0.2, 0.25) is 0 Å². The molecule has 1 unspecified atom stereocenters. The Bertz CT molecular complexity index is 488. The van der Waals surface area contributed by atoms with E-state index in [1.54, 1.807) is 0 Å². The van der Waals surface area contributed by atoms with Gasteiger partial charge in [-0.1, -0.05) is 60.7 Å². The van der Waals surface area contributed by atoms with Crippen molar-refractivity contribution in [2.75, 3.05) is 0 Å². The fraction of sp³-hybridized carbons (Fsp3) is 0.133. The number of hydroxylamine groups is 1. The Labute approximate surface area is 111 Å². The number of carbonyl (C=O) groups is 1. The molecular formula is C15H15NO3. The summed E-state index contributed by atoms with van der Waals surface area (Å²) in [7, 11) is 0. The van der Waals surface area contributed by atoms with Gasteiger partial charge >= 0.3 is 0 Å². The van der Waals surface area contributed by atoms with Gasteiger partial charge in [0.1, 0.15) is 6.10 Å². The summed E-state index contributed by atoms with van der Waals surface area (Å²) < 4.78 is 0. The molecule has 0 saturated heterocycles. The molecule has 4 nitrogen and oxygen atoms in total. The molecule has 19 heavy (non-hydrogen) atoms. The largest absolute Gasteiger partial charge is 0.382 e. The number of amides is 1. The number of rotatable bonds is 4. The van der Waals surface area contributed by atoms with E-state index in [2.05, 4.69) is 0 Å². The van der Waals surface area contributed by atoms with Gasteiger partial charge in [-0.2, -0.15) is 0 Å². The lowest BCUT2D eigenvalue weighted by molar-refractivity contribution is -0.138. The number of carbonyl (C=O) groups excluding carboxylic acids is 1. The second-order valence-corrected chi connectivity index (χ2v) is 4.22. The van der Waals surface area contributed by atoms with Crippen LogP contribution in [0, 0.1) is 0 Å². The van der Waals surface area contributed by atoms with Crippen LogP contribution in [0.4, 0.5) is 0 Å². The molecule has 0 bridgehead atoms. The Morgan fingerprint density at radius 1 is 0.895 bits per heavy atom. The monoisotopic (exact) mass is 257 g/mol. The van der Waals surface area contributed by atoms with Gasteiger partial charge in [-0.3, -0.25) is 10.0 Å². The second-order valence-electron chi connectivity index (χ2n) is 4.22. The van der Waals surface area contributed by atoms with Gasteiger partial charge in [0.05, 0.1) is 0 Å². The first-order chi connectivity index (χ1) is 9.24. The van der Waals surface area contributed by atoms with Crippen LogP contribution >= 0.6 is 0 Å². The third-order valence-electron chi connectivity index (χ3n) is 3.01. The molecule has 1 amide bonds. The first-order valence-corrected chi connectivity index (χ1v) is 5.96. The number of nitrogens with one attached hydrogen (secondary N) is 1. The number of aliphatic hydroxyl groups is 1. The van der Waals surface area contributed by atoms with Gasteiger partial charge in [0.15, 0.2) is 0 Å². The smallest absolute Gasteiger partial charge is 0.273 e. The van der Waals surface area contributed by atoms with Crippen LogP contribution in [-0.4, -0.2) is 22.3 Å². The summed E-state index contributed by atoms with van der Waals surface area (Å²) in [6.07, 6.45) is -1.35. The number of hydrogen-bond acceptors (Lipinski definition) is 3. The van der Waals surface area contributed by atoms with Crippen LogP contribution in [0.25, 0.3) is 0 Å². The minimum atomic E-state index is -1.35. The van der Waals surface area contributed by atoms with E-state index < -0.39 is 17.9 Å². The van der Waals surface area contributed by atoms with Crippen molar-refractivity contribution in [2.24, 2.45) is 0 Å². The van der Waals surface area contributed by atoms with Gasteiger partial charge in [0.25, 0.3) is 5.91 Å². The standard InChI is InChI=1S/C15H15NO3/c17-14(15(18)16-19)13(11-7-3-1-4-8-11)12-9-5-2-6-10-12/h1-10,13-14,17,19H,(H,16,18). The van der Waals surface area contributed by atoms with Crippen molar-refractivity contribution >= 4 is 5.91 Å². The second kappa shape index (κ2) is 6.13. The SMILES string of the molecule is O=C(NO)C(O)C(c1ccccc1)c1ccccc1. The first-order valence-electron chi connectivity index (χ1n) is 5.96. The van der Waals surface area contributed by atoms with E-state index in [1.807, 2.05) is 60.7 Å². The highest BCUT2D eigenvalue weighted by Crippen LogP contribution is 2.28. The maximum absolute atomic E-state index is 11.5. The van der Waals surface area contributed by atoms with E-state index in [-0.39, 0.29) is 0 Å². The predicted octanol–water partition coefficient (Wildman–Crippen LogP) is 1.68. The molecule has 2 rings (SSSR count). The van der Waals surface area contributed by atoms with Crippen molar-refractivity contribution < 1.29 is 15.1 Å². The quantitative estimate of drug-likeness (QED) is 0.576. The zero-order chi connectivity index (χ0) is 13.7. The lowest BCUT2D eigenvalue weighted by Crippen LogP contribution is -2.37. The van der Waals surface area contributed by atoms with Crippen LogP contribution in [-0.2, 0) is 4.79 Å². The van der Waals surface area contributed by atoms with Crippen molar-refractivity contribution in [2.45, 2.75) is 12.0 Å². The van der Waals surface area contributed by atoms with Crippen molar-refractivity contribution in [3.63, 3.8) is 0 Å². The average molecular weight is 257 g/mol. The third-order valence-corrected chi connectivity index (χ3v) is 3.01. The van der Waals surface area contributed by atoms with Crippen molar-refractivity contribution in [3.05, 3.63) is 71.8 Å². The molecule has 0 fully saturated rings. The van der Waals surface area contributed by atoms with Crippen molar-refractivity contribution in [1.29, 1.82) is 0 Å². The highest BCUT2D eigenvalue weighted by Gasteiger charge is 2.28. The first kappa shape index (κ1) is 13.3. The van der Waals surface area contributed by atoms with Gasteiger partial charge in [-0.05, 0) is 11.1 Å². The zero-order valence-corrected chi connectivity index (χ0v) is 10.2. The Morgan fingerprint density at radius 2 is 1.32 bits per heavy atom. The van der Waals surface area contributed by atoms with E-state index in [1.165, 1.54) is 5.48 Å². The molecule has 0 aliphatic carbocycles. The van der Waals surface area contributed by atoms with Crippen LogP contribution in [0.5, 0.6) is 0 Å². The molecule has 0 aliphatic rings. The summed E-state index contributed by atoms with van der Waals surface area (Å²) in [5.41, 5.74) is 3.12. The lowest BCUT2D eigenvalue weighted by Gasteiger charge is -2.22. The van der Waals surface area contributed by atoms with Crippen LogP contribution in [0.15, 0.2) is 60.7 Å². The van der Waals surface area contributed by atoms with Crippen LogP contribution < -0.4 is 5.48 Å². The molecule has 0 spiro atoms. The molecule has 0 saturated carbocycles. The molecule has 98 valence electrons. The molecule has 1 atom stereocenters. The normalized spacial score (nSPS) is 12.2. The van der Waals surface area contributed by atoms with Crippen molar-refractivity contribution in [3.8, 4) is 0 Å². The fourth-order valence-electron chi connectivity index (χ4n) is 2.10. The Balaban J connectivity index is 2.43. The van der Waals surface area contributed by atoms with Crippen LogP contribution in [0.3, 0.4) is 0 Å². The summed E-state index contributed by atoms with van der Waals surface area (Å²) in [6, 6.07) is 18.5. The molecular weight excluding hydrogens is 242 g/mol. The highest BCUT2D eigenvalue weighted by molar-refractivity contribution is 5.81. The van der Waals surface area contributed by atoms with E-state index in [9.17, 15) is 9.90 Å². The average Bonchev–Trinajstić information content (AvgIpc) is 2.49. The molecule has 3 N–H and O–H groups in total. The maximum atomic E-state index is 11.5. The maximum Gasteiger partial charge on any atom is 0.273 e. The van der Waals surface area contributed by atoms with E-state index in [0.717, 1.165) is 11.1 Å². The van der Waals surface area contributed by atoms with E-state index in [4.69, 9.17) is 5.21 Å². The molecule has 0 radical (unpaired) electrons. The third kappa shape index (κ3) is 2.99. The van der Waals surface area contributed by atoms with Crippen molar-refractivity contribution in [1.82, 2.24) is 5.48 Å². The number of hydrogen-bond donors (Lipinski definition) is 3. The van der Waals surface area contributed by atoms with Gasteiger partial charge in [0, 0.05) is 5.92 Å². The molecule has 2 aromatic rings. The Kier molecular flexibility index (Phi) is 4.28. The predicted molar refractivity (Wildman–Crippen MR) is 70.7 cm³/mol. The zero-order valence-electron chi connectivity index (χ0n) is 10.2. The molecule has 2 aromatic carbocycles. The highest BCUT2D eigenvalue weighted by atomic mass is 16.5. The molecule has 0 aliphatic heterocycles. The fourth-order valence-corrected chi connectivity index (χ4v) is 2.10. The molecule has 0 aromatic heterocycles. The van der Waals surface area contributed by atoms with Gasteiger partial charge < -0.3 is 5.11 Å². The van der Waals surface area contributed by atoms with Crippen LogP contribution in [0.2, 0.25) is 0 Å². The van der Waals surface area contributed by atoms with Gasteiger partial charge in [-0.15, -0.1) is 0 Å². The topological polar surface area (TPSA) is 69.6 Å². The minimum Gasteiger partial charge on any atom is -0.382 e. The molecule has 0 heterocycles. The van der Waals surface area contributed by atoms with Crippen LogP contribution in [0.1, 0.15) is 17.0 Å². The summed E-state index contributed by atoms with van der Waals surface area (Å²) in [6.45, 7) is 0. The number of benzene rings is 2. The van der Waals surface area contributed by atoms with E-state index in [0.29, 0.717) is 0 Å². The minimum absolute atomic E-state index is 0.519. The lowest BCUT2D eigenvalue weighted by atomic mass is 9.86. The molecule has 4 heteroatoms. The number of aliphatic hydroxyl groups excluding tert-OH is 1. The van der Waals surface area contributed by atoms with Gasteiger partial charge in [-0.25, -0.2) is 5.48 Å². The summed E-state index contributed by atoms with van der Waals surface area (Å²) in [5, 5.41) is 18.8. The Morgan fingerprint density at radius 3 is 1.68 bits per heavy atom. The van der Waals surface area contributed by atoms with E-state index >= 15 is 0 Å². The summed E-state index contributed by atoms with van der Waals surface area (Å²) in [4.78, 5) is 11.5.